The number of fused-ring (bicyclic) bond motifs is 6. The fourth-order valence-electron chi connectivity index (χ4n) is 6.46. The molecule has 0 aliphatic carbocycles. The number of nitrogens with one attached hydrogen (secondary N) is 1. The monoisotopic (exact) mass is 481 g/mol. The molecule has 7 nitrogen and oxygen atoms in total. The van der Waals surface area contributed by atoms with Crippen molar-refractivity contribution < 1.29 is 14.5 Å². The Balaban J connectivity index is 1.56. The normalized spacial score (nSPS) is 24.4. The van der Waals surface area contributed by atoms with E-state index in [1.165, 1.54) is 0 Å². The van der Waals surface area contributed by atoms with Crippen molar-refractivity contribution in [3.05, 3.63) is 117 Å². The van der Waals surface area contributed by atoms with Crippen LogP contribution in [0, 0.1) is 10.1 Å². The van der Waals surface area contributed by atoms with Crippen LogP contribution in [0.1, 0.15) is 41.1 Å². The van der Waals surface area contributed by atoms with E-state index in [0.29, 0.717) is 12.8 Å². The first-order valence-electron chi connectivity index (χ1n) is 12.2. The molecule has 0 saturated carbocycles. The summed E-state index contributed by atoms with van der Waals surface area (Å²) in [4.78, 5) is 25.6. The second kappa shape index (κ2) is 8.31. The number of carbonyl (C=O) groups excluding carboxylic acids is 1. The number of esters is 1. The van der Waals surface area contributed by atoms with E-state index in [9.17, 15) is 14.9 Å². The molecule has 0 spiro atoms. The Kier molecular flexibility index (Phi) is 5.19. The molecular formula is C29H27N3O4. The average molecular weight is 482 g/mol. The summed E-state index contributed by atoms with van der Waals surface area (Å²) in [7, 11) is 1.95. The van der Waals surface area contributed by atoms with Gasteiger partial charge in [0, 0.05) is 34.1 Å². The Hall–Kier alpha value is -3.97. The largest absolute Gasteiger partial charge is 0.459 e. The standard InChI is InChI=1S/C29H27N3O4/c1-31-24-15-9-8-14-22(24)25-26(31)23(18-32(34)35)29(27(33)36-19-20-10-4-2-5-11-20)17-16-28(25,30-29)21-12-6-3-7-13-21/h2-15,23,30H,16-19H2,1H3/t23-,28+,29+/m0/s1. The molecule has 6 rings (SSSR count). The smallest absolute Gasteiger partial charge is 0.327 e. The zero-order valence-corrected chi connectivity index (χ0v) is 20.0. The van der Waals surface area contributed by atoms with E-state index < -0.39 is 23.0 Å². The van der Waals surface area contributed by atoms with E-state index in [1.54, 1.807) is 0 Å². The molecule has 7 heteroatoms. The number of hydrogen-bond donors (Lipinski definition) is 1. The van der Waals surface area contributed by atoms with Crippen LogP contribution in [0.5, 0.6) is 0 Å². The van der Waals surface area contributed by atoms with Crippen molar-refractivity contribution in [2.24, 2.45) is 7.05 Å². The molecule has 182 valence electrons. The maximum Gasteiger partial charge on any atom is 0.327 e. The second-order valence-corrected chi connectivity index (χ2v) is 9.83. The van der Waals surface area contributed by atoms with Gasteiger partial charge in [-0.3, -0.25) is 20.2 Å². The minimum Gasteiger partial charge on any atom is -0.459 e. The first kappa shape index (κ1) is 22.5. The Morgan fingerprint density at radius 1 is 1.03 bits per heavy atom. The van der Waals surface area contributed by atoms with E-state index >= 15 is 0 Å². The summed E-state index contributed by atoms with van der Waals surface area (Å²) < 4.78 is 7.92. The highest BCUT2D eigenvalue weighted by atomic mass is 16.6. The number of nitro groups is 1. The predicted octanol–water partition coefficient (Wildman–Crippen LogP) is 4.66. The van der Waals surface area contributed by atoms with Crippen molar-refractivity contribution >= 4 is 16.9 Å². The van der Waals surface area contributed by atoms with Crippen LogP contribution in [-0.4, -0.2) is 27.5 Å². The van der Waals surface area contributed by atoms with Gasteiger partial charge in [-0.1, -0.05) is 78.9 Å². The third-order valence-corrected chi connectivity index (χ3v) is 8.01. The number of aryl methyl sites for hydroxylation is 1. The number of nitrogens with zero attached hydrogens (tertiary/aromatic N) is 2. The topological polar surface area (TPSA) is 86.4 Å². The van der Waals surface area contributed by atoms with Crippen LogP contribution in [0.15, 0.2) is 84.9 Å². The zero-order valence-electron chi connectivity index (χ0n) is 20.0. The number of carbonyl (C=O) groups is 1. The van der Waals surface area contributed by atoms with Crippen LogP contribution in [0.25, 0.3) is 10.9 Å². The predicted molar refractivity (Wildman–Crippen MR) is 136 cm³/mol. The van der Waals surface area contributed by atoms with Crippen molar-refractivity contribution in [2.75, 3.05) is 6.54 Å². The van der Waals surface area contributed by atoms with Gasteiger partial charge in [-0.25, -0.2) is 0 Å². The van der Waals surface area contributed by atoms with Crippen molar-refractivity contribution in [2.45, 2.75) is 36.4 Å². The molecule has 1 N–H and O–H groups in total. The number of rotatable bonds is 6. The molecule has 0 radical (unpaired) electrons. The zero-order chi connectivity index (χ0) is 24.9. The van der Waals surface area contributed by atoms with Gasteiger partial charge in [-0.2, -0.15) is 0 Å². The first-order chi connectivity index (χ1) is 17.5. The fraction of sp³-hybridized carbons (Fsp3) is 0.276. The molecule has 2 bridgehead atoms. The third-order valence-electron chi connectivity index (χ3n) is 8.01. The molecule has 1 aromatic heterocycles. The molecule has 2 aliphatic heterocycles. The van der Waals surface area contributed by atoms with Crippen molar-refractivity contribution in [1.82, 2.24) is 9.88 Å². The van der Waals surface area contributed by atoms with Gasteiger partial charge in [0.2, 0.25) is 6.54 Å². The lowest BCUT2D eigenvalue weighted by atomic mass is 9.73. The molecule has 1 saturated heterocycles. The van der Waals surface area contributed by atoms with Crippen molar-refractivity contribution in [3.63, 3.8) is 0 Å². The summed E-state index contributed by atoms with van der Waals surface area (Å²) in [5, 5.41) is 16.7. The summed E-state index contributed by atoms with van der Waals surface area (Å²) in [6.07, 6.45) is 1.07. The third kappa shape index (κ3) is 3.19. The minimum absolute atomic E-state index is 0.120. The van der Waals surface area contributed by atoms with E-state index in [1.807, 2.05) is 78.3 Å². The van der Waals surface area contributed by atoms with Crippen LogP contribution in [0.3, 0.4) is 0 Å². The Bertz CT molecular complexity index is 1470. The molecule has 1 fully saturated rings. The summed E-state index contributed by atoms with van der Waals surface area (Å²) >= 11 is 0. The average Bonchev–Trinajstić information content (AvgIpc) is 3.42. The summed E-state index contributed by atoms with van der Waals surface area (Å²) in [6, 6.07) is 27.7. The molecule has 3 aromatic carbocycles. The minimum atomic E-state index is -1.22. The van der Waals surface area contributed by atoms with Crippen LogP contribution < -0.4 is 5.32 Å². The van der Waals surface area contributed by atoms with Crippen LogP contribution in [-0.2, 0) is 28.7 Å². The molecular weight excluding hydrogens is 454 g/mol. The molecule has 0 amide bonds. The number of benzene rings is 3. The van der Waals surface area contributed by atoms with Crippen LogP contribution in [0.4, 0.5) is 0 Å². The van der Waals surface area contributed by atoms with Crippen molar-refractivity contribution in [3.8, 4) is 0 Å². The molecule has 4 aromatic rings. The summed E-state index contributed by atoms with van der Waals surface area (Å²) in [5.74, 6) is -1.12. The van der Waals surface area contributed by atoms with E-state index in [0.717, 1.165) is 33.3 Å². The van der Waals surface area contributed by atoms with Gasteiger partial charge in [-0.15, -0.1) is 0 Å². The Morgan fingerprint density at radius 3 is 2.42 bits per heavy atom. The number of hydrogen-bond acceptors (Lipinski definition) is 5. The molecule has 3 atom stereocenters. The number of aromatic nitrogens is 1. The maximum atomic E-state index is 13.9. The lowest BCUT2D eigenvalue weighted by Gasteiger charge is -2.44. The van der Waals surface area contributed by atoms with Gasteiger partial charge < -0.3 is 9.30 Å². The van der Waals surface area contributed by atoms with Gasteiger partial charge in [0.05, 0.1) is 11.5 Å². The Morgan fingerprint density at radius 2 is 1.69 bits per heavy atom. The number of ether oxygens (including phenoxy) is 1. The summed E-state index contributed by atoms with van der Waals surface area (Å²) in [5.41, 5.74) is 2.91. The van der Waals surface area contributed by atoms with Gasteiger partial charge >= 0.3 is 5.97 Å². The molecule has 2 aliphatic rings. The quantitative estimate of drug-likeness (QED) is 0.246. The van der Waals surface area contributed by atoms with Crippen molar-refractivity contribution in [1.29, 1.82) is 0 Å². The van der Waals surface area contributed by atoms with Gasteiger partial charge in [0.15, 0.2) is 0 Å². The fourth-order valence-corrected chi connectivity index (χ4v) is 6.46. The number of para-hydroxylation sites is 1. The SMILES string of the molecule is Cn1c2c(c3ccccc31)[C@]1(c3ccccc3)CC[C@@](C(=O)OCc3ccccc3)(N1)[C@H]2C[N+](=O)[O-]. The molecule has 3 heterocycles. The Labute approximate surface area is 208 Å². The highest BCUT2D eigenvalue weighted by Gasteiger charge is 2.65. The van der Waals surface area contributed by atoms with E-state index in [-0.39, 0.29) is 18.1 Å². The first-order valence-corrected chi connectivity index (χ1v) is 12.2. The van der Waals surface area contributed by atoms with Crippen LogP contribution >= 0.6 is 0 Å². The molecule has 0 unspecified atom stereocenters. The lowest BCUT2D eigenvalue weighted by Crippen LogP contribution is -2.62. The lowest BCUT2D eigenvalue weighted by molar-refractivity contribution is -0.485. The highest BCUT2D eigenvalue weighted by molar-refractivity contribution is 5.92. The summed E-state index contributed by atoms with van der Waals surface area (Å²) in [6.45, 7) is -0.246. The highest BCUT2D eigenvalue weighted by Crippen LogP contribution is 2.57. The van der Waals surface area contributed by atoms with E-state index in [4.69, 9.17) is 4.74 Å². The molecule has 36 heavy (non-hydrogen) atoms. The van der Waals surface area contributed by atoms with Gasteiger partial charge in [0.1, 0.15) is 12.1 Å². The van der Waals surface area contributed by atoms with E-state index in [2.05, 4.69) is 23.5 Å². The maximum absolute atomic E-state index is 13.9. The second-order valence-electron chi connectivity index (χ2n) is 9.83. The van der Waals surface area contributed by atoms with Gasteiger partial charge in [0.25, 0.3) is 0 Å². The van der Waals surface area contributed by atoms with Crippen LogP contribution in [0.2, 0.25) is 0 Å². The van der Waals surface area contributed by atoms with Gasteiger partial charge in [-0.05, 0) is 30.0 Å².